The number of hydrogen-bond donors (Lipinski definition) is 0. The zero-order chi connectivity index (χ0) is 11.6. The molecule has 5 nitrogen and oxygen atoms in total. The quantitative estimate of drug-likeness (QED) is 0.718. The highest BCUT2D eigenvalue weighted by atomic mass is 32.3. The van der Waals surface area contributed by atoms with Gasteiger partial charge in [0.15, 0.2) is 0 Å². The molecule has 0 amide bonds. The fourth-order valence-corrected chi connectivity index (χ4v) is 3.19. The van der Waals surface area contributed by atoms with E-state index in [1.54, 1.807) is 0 Å². The molecule has 2 aliphatic heterocycles. The fraction of sp³-hybridized carbons (Fsp3) is 1.00. The van der Waals surface area contributed by atoms with E-state index in [4.69, 9.17) is 8.37 Å². The molecule has 2 saturated heterocycles. The Morgan fingerprint density at radius 3 is 2.19 bits per heavy atom. The zero-order valence-corrected chi connectivity index (χ0v) is 10.4. The average Bonchev–Trinajstić information content (AvgIpc) is 2.29. The van der Waals surface area contributed by atoms with Crippen LogP contribution in [0.5, 0.6) is 0 Å². The molecule has 2 rings (SSSR count). The topological polar surface area (TPSA) is 55.8 Å². The number of hydrogen-bond acceptors (Lipinski definition) is 5. The highest BCUT2D eigenvalue weighted by molar-refractivity contribution is 7.81. The van der Waals surface area contributed by atoms with Crippen molar-refractivity contribution in [3.63, 3.8) is 0 Å². The van der Waals surface area contributed by atoms with Crippen LogP contribution < -0.4 is 0 Å². The van der Waals surface area contributed by atoms with Crippen molar-refractivity contribution in [3.8, 4) is 0 Å². The summed E-state index contributed by atoms with van der Waals surface area (Å²) in [7, 11) is -3.68. The molecule has 0 aliphatic carbocycles. The Morgan fingerprint density at radius 2 is 1.69 bits per heavy atom. The third-order valence-corrected chi connectivity index (χ3v) is 4.45. The van der Waals surface area contributed by atoms with Gasteiger partial charge in [-0.1, -0.05) is 6.92 Å². The molecule has 0 spiro atoms. The summed E-state index contributed by atoms with van der Waals surface area (Å²) in [5.74, 6) is 0.779. The molecule has 0 saturated carbocycles. The summed E-state index contributed by atoms with van der Waals surface area (Å²) in [5.41, 5.74) is 0. The van der Waals surface area contributed by atoms with Crippen molar-refractivity contribution in [1.82, 2.24) is 4.90 Å². The van der Waals surface area contributed by atoms with Gasteiger partial charge in [0.2, 0.25) is 0 Å². The van der Waals surface area contributed by atoms with E-state index in [1.165, 1.54) is 0 Å². The smallest absolute Gasteiger partial charge is 0.304 e. The van der Waals surface area contributed by atoms with E-state index < -0.39 is 10.4 Å². The molecule has 6 heteroatoms. The second-order valence-corrected chi connectivity index (χ2v) is 5.80. The lowest BCUT2D eigenvalue weighted by atomic mass is 9.85. The van der Waals surface area contributed by atoms with E-state index in [0.29, 0.717) is 19.1 Å². The molecule has 0 aromatic carbocycles. The molecule has 0 aromatic heterocycles. The van der Waals surface area contributed by atoms with E-state index in [9.17, 15) is 8.42 Å². The van der Waals surface area contributed by atoms with E-state index >= 15 is 0 Å². The number of nitrogens with zero attached hydrogens (tertiary/aromatic N) is 1. The van der Waals surface area contributed by atoms with Gasteiger partial charge in [0, 0.05) is 5.92 Å². The molecular weight excluding hydrogens is 230 g/mol. The predicted octanol–water partition coefficient (Wildman–Crippen LogP) is 0.626. The van der Waals surface area contributed by atoms with E-state index in [0.717, 1.165) is 32.5 Å². The monoisotopic (exact) mass is 249 g/mol. The summed E-state index contributed by atoms with van der Waals surface area (Å²) >= 11 is 0. The Morgan fingerprint density at radius 1 is 1.12 bits per heavy atom. The van der Waals surface area contributed by atoms with Crippen LogP contribution in [-0.2, 0) is 18.8 Å². The lowest BCUT2D eigenvalue weighted by molar-refractivity contribution is 0.0443. The maximum atomic E-state index is 10.9. The van der Waals surface area contributed by atoms with Crippen molar-refractivity contribution in [2.24, 2.45) is 11.8 Å². The molecule has 2 heterocycles. The highest BCUT2D eigenvalue weighted by Crippen LogP contribution is 2.28. The average molecular weight is 249 g/mol. The third kappa shape index (κ3) is 2.94. The zero-order valence-electron chi connectivity index (χ0n) is 9.59. The highest BCUT2D eigenvalue weighted by Gasteiger charge is 2.32. The molecule has 94 valence electrons. The SMILES string of the molecule is CCN1CCC(C2COS(=O)(=O)OC2)CC1. The van der Waals surface area contributed by atoms with Crippen molar-refractivity contribution >= 4 is 10.4 Å². The summed E-state index contributed by atoms with van der Waals surface area (Å²) in [6.45, 7) is 6.05. The Bertz CT molecular complexity index is 308. The minimum Gasteiger partial charge on any atom is -0.304 e. The summed E-state index contributed by atoms with van der Waals surface area (Å²) in [6, 6.07) is 0. The maximum Gasteiger partial charge on any atom is 0.399 e. The molecular formula is C10H19NO4S. The number of rotatable bonds is 2. The minimum absolute atomic E-state index is 0.238. The van der Waals surface area contributed by atoms with Crippen molar-refractivity contribution in [2.75, 3.05) is 32.8 Å². The van der Waals surface area contributed by atoms with Crippen LogP contribution >= 0.6 is 0 Å². The summed E-state index contributed by atoms with van der Waals surface area (Å²) in [5, 5.41) is 0. The molecule has 0 radical (unpaired) electrons. The van der Waals surface area contributed by atoms with Gasteiger partial charge in [0.25, 0.3) is 0 Å². The predicted molar refractivity (Wildman–Crippen MR) is 59.2 cm³/mol. The maximum absolute atomic E-state index is 10.9. The van der Waals surface area contributed by atoms with Crippen LogP contribution in [0.15, 0.2) is 0 Å². The molecule has 16 heavy (non-hydrogen) atoms. The molecule has 0 bridgehead atoms. The van der Waals surface area contributed by atoms with Crippen molar-refractivity contribution < 1.29 is 16.8 Å². The first-order valence-corrected chi connectivity index (χ1v) is 7.20. The lowest BCUT2D eigenvalue weighted by Crippen LogP contribution is -2.40. The van der Waals surface area contributed by atoms with Crippen LogP contribution in [0.2, 0.25) is 0 Å². The van der Waals surface area contributed by atoms with Gasteiger partial charge in [0.05, 0.1) is 13.2 Å². The van der Waals surface area contributed by atoms with Crippen molar-refractivity contribution in [1.29, 1.82) is 0 Å². The Balaban J connectivity index is 1.82. The van der Waals surface area contributed by atoms with E-state index in [2.05, 4.69) is 11.8 Å². The summed E-state index contributed by atoms with van der Waals surface area (Å²) < 4.78 is 31.3. The van der Waals surface area contributed by atoms with Crippen LogP contribution in [0.3, 0.4) is 0 Å². The second kappa shape index (κ2) is 5.00. The van der Waals surface area contributed by atoms with Gasteiger partial charge in [-0.3, -0.25) is 0 Å². The van der Waals surface area contributed by atoms with Crippen molar-refractivity contribution in [3.05, 3.63) is 0 Å². The molecule has 0 N–H and O–H groups in total. The first-order valence-electron chi connectivity index (χ1n) is 5.87. The van der Waals surface area contributed by atoms with Crippen LogP contribution in [0.4, 0.5) is 0 Å². The van der Waals surface area contributed by atoms with E-state index in [1.807, 2.05) is 0 Å². The van der Waals surface area contributed by atoms with Crippen LogP contribution in [0, 0.1) is 11.8 Å². The molecule has 2 aliphatic rings. The standard InChI is InChI=1S/C10H19NO4S/c1-2-11-5-3-9(4-6-11)10-7-14-16(12,13)15-8-10/h9-10H,2-8H2,1H3. The second-order valence-electron chi connectivity index (χ2n) is 4.51. The van der Waals surface area contributed by atoms with Crippen LogP contribution in [-0.4, -0.2) is 46.2 Å². The van der Waals surface area contributed by atoms with Gasteiger partial charge in [0.1, 0.15) is 0 Å². The lowest BCUT2D eigenvalue weighted by Gasteiger charge is -2.36. The fourth-order valence-electron chi connectivity index (χ4n) is 2.44. The van der Waals surface area contributed by atoms with Gasteiger partial charge >= 0.3 is 10.4 Å². The first kappa shape index (κ1) is 12.3. The Kier molecular flexibility index (Phi) is 3.84. The van der Waals surface area contributed by atoms with Gasteiger partial charge in [-0.05, 0) is 38.4 Å². The first-order chi connectivity index (χ1) is 7.61. The summed E-state index contributed by atoms with van der Waals surface area (Å²) in [6.07, 6.45) is 2.23. The molecule has 0 unspecified atom stereocenters. The molecule has 0 aromatic rings. The Labute approximate surface area is 97.0 Å². The molecule has 0 atom stereocenters. The van der Waals surface area contributed by atoms with Crippen LogP contribution in [0.25, 0.3) is 0 Å². The number of likely N-dealkylation sites (tertiary alicyclic amines) is 1. The Hall–Kier alpha value is -0.170. The largest absolute Gasteiger partial charge is 0.399 e. The van der Waals surface area contributed by atoms with Gasteiger partial charge in [-0.2, -0.15) is 8.42 Å². The van der Waals surface area contributed by atoms with E-state index in [-0.39, 0.29) is 5.92 Å². The van der Waals surface area contributed by atoms with Crippen molar-refractivity contribution in [2.45, 2.75) is 19.8 Å². The normalized spacial score (nSPS) is 29.3. The van der Waals surface area contributed by atoms with Crippen LogP contribution in [0.1, 0.15) is 19.8 Å². The third-order valence-electron chi connectivity index (χ3n) is 3.60. The van der Waals surface area contributed by atoms with Gasteiger partial charge in [-0.15, -0.1) is 0 Å². The molecule has 2 fully saturated rings. The minimum atomic E-state index is -3.68. The van der Waals surface area contributed by atoms with Gasteiger partial charge < -0.3 is 4.90 Å². The summed E-state index contributed by atoms with van der Waals surface area (Å²) in [4.78, 5) is 2.41. The van der Waals surface area contributed by atoms with Gasteiger partial charge in [-0.25, -0.2) is 8.37 Å². The number of piperidine rings is 1.